The molecule has 0 aliphatic carbocycles. The second-order valence-electron chi connectivity index (χ2n) is 3.71. The number of carbonyl (C=O) groups is 1. The second-order valence-corrected chi connectivity index (χ2v) is 3.71. The van der Waals surface area contributed by atoms with E-state index in [0.29, 0.717) is 18.5 Å². The monoisotopic (exact) mass is 218 g/mol. The molecule has 0 amide bonds. The van der Waals surface area contributed by atoms with Crippen LogP contribution in [0, 0.1) is 0 Å². The fourth-order valence-corrected chi connectivity index (χ4v) is 1.66. The molecule has 0 atom stereocenters. The Labute approximate surface area is 93.7 Å². The fraction of sp³-hybridized carbons (Fsp3) is 0.364. The summed E-state index contributed by atoms with van der Waals surface area (Å²) < 4.78 is 3.39. The van der Waals surface area contributed by atoms with Gasteiger partial charge in [-0.2, -0.15) is 10.2 Å². The van der Waals surface area contributed by atoms with Gasteiger partial charge in [-0.25, -0.2) is 0 Å². The molecule has 0 fully saturated rings. The third-order valence-corrected chi connectivity index (χ3v) is 2.64. The van der Waals surface area contributed by atoms with Crippen LogP contribution < -0.4 is 0 Å². The van der Waals surface area contributed by atoms with Crippen molar-refractivity contribution in [3.05, 3.63) is 35.9 Å². The maximum atomic E-state index is 11.8. The van der Waals surface area contributed by atoms with E-state index in [1.165, 1.54) is 0 Å². The topological polar surface area (TPSA) is 52.7 Å². The van der Waals surface area contributed by atoms with Gasteiger partial charge < -0.3 is 0 Å². The highest BCUT2D eigenvalue weighted by Crippen LogP contribution is 2.06. The summed E-state index contributed by atoms with van der Waals surface area (Å²) in [7, 11) is 3.65. The smallest absolute Gasteiger partial charge is 0.181 e. The molecule has 0 unspecified atom stereocenters. The summed E-state index contributed by atoms with van der Waals surface area (Å²) in [6.45, 7) is 0. The Balaban J connectivity index is 1.99. The summed E-state index contributed by atoms with van der Waals surface area (Å²) in [6, 6.07) is 3.67. The van der Waals surface area contributed by atoms with Crippen molar-refractivity contribution in [2.45, 2.75) is 12.8 Å². The van der Waals surface area contributed by atoms with Gasteiger partial charge in [-0.05, 0) is 18.6 Å². The van der Waals surface area contributed by atoms with Crippen molar-refractivity contribution in [1.29, 1.82) is 0 Å². The Morgan fingerprint density at radius 1 is 1.19 bits per heavy atom. The Hall–Kier alpha value is -1.91. The van der Waals surface area contributed by atoms with Gasteiger partial charge in [0.1, 0.15) is 5.69 Å². The summed E-state index contributed by atoms with van der Waals surface area (Å²) in [4.78, 5) is 11.8. The molecule has 5 heteroatoms. The molecule has 84 valence electrons. The van der Waals surface area contributed by atoms with Gasteiger partial charge in [0, 0.05) is 38.6 Å². The van der Waals surface area contributed by atoms with Crippen LogP contribution in [-0.2, 0) is 20.5 Å². The molecule has 0 saturated heterocycles. The van der Waals surface area contributed by atoms with E-state index in [0.717, 1.165) is 5.69 Å². The average molecular weight is 218 g/mol. The zero-order valence-electron chi connectivity index (χ0n) is 9.42. The van der Waals surface area contributed by atoms with Crippen LogP contribution in [0.15, 0.2) is 24.5 Å². The second kappa shape index (κ2) is 4.30. The molecule has 5 nitrogen and oxygen atoms in total. The molecule has 16 heavy (non-hydrogen) atoms. The highest BCUT2D eigenvalue weighted by molar-refractivity contribution is 5.94. The molecule has 2 heterocycles. The maximum Gasteiger partial charge on any atom is 0.181 e. The first-order chi connectivity index (χ1) is 7.68. The first-order valence-corrected chi connectivity index (χ1v) is 5.16. The van der Waals surface area contributed by atoms with Crippen LogP contribution in [0.1, 0.15) is 22.6 Å². The van der Waals surface area contributed by atoms with E-state index in [-0.39, 0.29) is 5.78 Å². The molecule has 2 aromatic rings. The van der Waals surface area contributed by atoms with E-state index in [1.54, 1.807) is 34.9 Å². The molecule has 0 radical (unpaired) electrons. The fourth-order valence-electron chi connectivity index (χ4n) is 1.66. The summed E-state index contributed by atoms with van der Waals surface area (Å²) in [5.41, 5.74) is 1.72. The van der Waals surface area contributed by atoms with Gasteiger partial charge in [-0.3, -0.25) is 14.2 Å². The van der Waals surface area contributed by atoms with Crippen molar-refractivity contribution in [1.82, 2.24) is 19.6 Å². The van der Waals surface area contributed by atoms with Gasteiger partial charge >= 0.3 is 0 Å². The van der Waals surface area contributed by atoms with Gasteiger partial charge in [0.05, 0.1) is 0 Å². The Kier molecular flexibility index (Phi) is 2.85. The average Bonchev–Trinajstić information content (AvgIpc) is 2.84. The molecule has 0 aromatic carbocycles. The van der Waals surface area contributed by atoms with E-state index in [4.69, 9.17) is 0 Å². The van der Waals surface area contributed by atoms with Crippen molar-refractivity contribution in [3.8, 4) is 0 Å². The normalized spacial score (nSPS) is 10.6. The lowest BCUT2D eigenvalue weighted by atomic mass is 10.1. The van der Waals surface area contributed by atoms with Crippen LogP contribution >= 0.6 is 0 Å². The lowest BCUT2D eigenvalue weighted by Gasteiger charge is -2.02. The quantitative estimate of drug-likeness (QED) is 0.718. The minimum absolute atomic E-state index is 0.112. The van der Waals surface area contributed by atoms with Gasteiger partial charge in [-0.1, -0.05) is 0 Å². The Morgan fingerprint density at radius 2 is 1.88 bits per heavy atom. The minimum Gasteiger partial charge on any atom is -0.292 e. The third-order valence-electron chi connectivity index (χ3n) is 2.64. The molecular formula is C11H14N4O. The van der Waals surface area contributed by atoms with Gasteiger partial charge in [-0.15, -0.1) is 0 Å². The number of rotatable bonds is 4. The molecular weight excluding hydrogens is 204 g/mol. The maximum absolute atomic E-state index is 11.8. The number of aromatic nitrogens is 4. The zero-order valence-corrected chi connectivity index (χ0v) is 9.42. The number of ketones is 1. The number of hydrogen-bond acceptors (Lipinski definition) is 3. The first kappa shape index (κ1) is 10.6. The van der Waals surface area contributed by atoms with E-state index in [9.17, 15) is 4.79 Å². The Morgan fingerprint density at radius 3 is 2.44 bits per heavy atom. The summed E-state index contributed by atoms with van der Waals surface area (Å²) in [6.07, 6.45) is 4.57. The van der Waals surface area contributed by atoms with E-state index < -0.39 is 0 Å². The van der Waals surface area contributed by atoms with Crippen molar-refractivity contribution in [2.75, 3.05) is 0 Å². The summed E-state index contributed by atoms with van der Waals surface area (Å²) in [5, 5.41) is 8.04. The molecule has 0 saturated carbocycles. The van der Waals surface area contributed by atoms with Crippen LogP contribution in [0.3, 0.4) is 0 Å². The highest BCUT2D eigenvalue weighted by atomic mass is 16.1. The SMILES string of the molecule is Cn1nccc1CCC(=O)c1ccnn1C. The molecule has 0 aliphatic rings. The van der Waals surface area contributed by atoms with Gasteiger partial charge in [0.15, 0.2) is 5.78 Å². The van der Waals surface area contributed by atoms with Gasteiger partial charge in [0.2, 0.25) is 0 Å². The molecule has 0 N–H and O–H groups in total. The van der Waals surface area contributed by atoms with Crippen LogP contribution in [0.5, 0.6) is 0 Å². The van der Waals surface area contributed by atoms with E-state index >= 15 is 0 Å². The molecule has 0 spiro atoms. The number of hydrogen-bond donors (Lipinski definition) is 0. The van der Waals surface area contributed by atoms with E-state index in [1.807, 2.05) is 13.1 Å². The summed E-state index contributed by atoms with van der Waals surface area (Å²) >= 11 is 0. The van der Waals surface area contributed by atoms with Gasteiger partial charge in [0.25, 0.3) is 0 Å². The number of carbonyl (C=O) groups excluding carboxylic acids is 1. The van der Waals surface area contributed by atoms with E-state index in [2.05, 4.69) is 10.2 Å². The lowest BCUT2D eigenvalue weighted by molar-refractivity contribution is 0.0973. The zero-order chi connectivity index (χ0) is 11.5. The van der Waals surface area contributed by atoms with Crippen LogP contribution in [0.25, 0.3) is 0 Å². The number of aryl methyl sites for hydroxylation is 3. The van der Waals surface area contributed by atoms with Crippen molar-refractivity contribution < 1.29 is 4.79 Å². The van der Waals surface area contributed by atoms with Crippen molar-refractivity contribution >= 4 is 5.78 Å². The van der Waals surface area contributed by atoms with Crippen LogP contribution in [0.2, 0.25) is 0 Å². The number of Topliss-reactive ketones (excluding diaryl/α,β-unsaturated/α-hetero) is 1. The first-order valence-electron chi connectivity index (χ1n) is 5.16. The van der Waals surface area contributed by atoms with Crippen LogP contribution in [0.4, 0.5) is 0 Å². The molecule has 0 aliphatic heterocycles. The largest absolute Gasteiger partial charge is 0.292 e. The predicted octanol–water partition coefficient (Wildman–Crippen LogP) is 0.969. The molecule has 0 bridgehead atoms. The van der Waals surface area contributed by atoms with Crippen molar-refractivity contribution in [3.63, 3.8) is 0 Å². The highest BCUT2D eigenvalue weighted by Gasteiger charge is 2.10. The minimum atomic E-state index is 0.112. The third kappa shape index (κ3) is 2.03. The standard InChI is InChI=1S/C11H14N4O/c1-14-9(5-7-12-14)3-4-11(16)10-6-8-13-15(10)2/h5-8H,3-4H2,1-2H3. The Bertz CT molecular complexity index is 498. The molecule has 2 rings (SSSR count). The summed E-state index contributed by atoms with van der Waals surface area (Å²) in [5.74, 6) is 0.112. The molecule has 2 aromatic heterocycles. The number of nitrogens with zero attached hydrogens (tertiary/aromatic N) is 4. The predicted molar refractivity (Wildman–Crippen MR) is 59.1 cm³/mol. The van der Waals surface area contributed by atoms with Crippen LogP contribution in [-0.4, -0.2) is 25.3 Å². The lowest BCUT2D eigenvalue weighted by Crippen LogP contribution is -2.09. The van der Waals surface area contributed by atoms with Crippen molar-refractivity contribution in [2.24, 2.45) is 14.1 Å².